The van der Waals surface area contributed by atoms with Crippen LogP contribution in [0, 0.1) is 0 Å². The molecule has 0 radical (unpaired) electrons. The third-order valence-corrected chi connectivity index (χ3v) is 4.24. The number of primary amides is 1. The van der Waals surface area contributed by atoms with Gasteiger partial charge in [0, 0.05) is 13.0 Å². The van der Waals surface area contributed by atoms with Crippen molar-refractivity contribution < 1.29 is 24.3 Å². The largest absolute Gasteiger partial charge is 0.480 e. The van der Waals surface area contributed by atoms with E-state index in [0.717, 1.165) is 0 Å². The highest BCUT2D eigenvalue weighted by atomic mass is 16.4. The molecule has 12 heteroatoms. The number of nitrogens with one attached hydrogen (secondary N) is 2. The summed E-state index contributed by atoms with van der Waals surface area (Å²) in [5.74, 6) is -3.75. The lowest BCUT2D eigenvalue weighted by atomic mass is 10.0. The molecule has 0 spiro atoms. The van der Waals surface area contributed by atoms with Crippen LogP contribution >= 0.6 is 0 Å². The van der Waals surface area contributed by atoms with E-state index in [-0.39, 0.29) is 25.3 Å². The fourth-order valence-corrected chi connectivity index (χ4v) is 2.66. The summed E-state index contributed by atoms with van der Waals surface area (Å²) in [6.45, 7) is 0.272. The summed E-state index contributed by atoms with van der Waals surface area (Å²) in [7, 11) is 0. The number of carbonyl (C=O) groups excluding carboxylic acids is 3. The Balaban J connectivity index is 2.76. The Kier molecular flexibility index (Phi) is 10.5. The molecule has 0 aromatic heterocycles. The van der Waals surface area contributed by atoms with E-state index in [1.165, 1.54) is 0 Å². The predicted octanol–water partition coefficient (Wildman–Crippen LogP) is -2.46. The first-order chi connectivity index (χ1) is 14.6. The molecule has 1 aromatic rings. The number of rotatable bonds is 13. The molecule has 0 bridgehead atoms. The number of nitrogens with zero attached hydrogens (tertiary/aromatic N) is 1. The predicted molar refractivity (Wildman–Crippen MR) is 113 cm³/mol. The second kappa shape index (κ2) is 12.8. The first kappa shape index (κ1) is 25.4. The van der Waals surface area contributed by atoms with Crippen molar-refractivity contribution >= 4 is 29.7 Å². The van der Waals surface area contributed by atoms with Crippen LogP contribution in [0.4, 0.5) is 0 Å². The van der Waals surface area contributed by atoms with Gasteiger partial charge in [0.25, 0.3) is 0 Å². The molecule has 1 aromatic carbocycles. The number of nitrogens with two attached hydrogens (primary N) is 4. The van der Waals surface area contributed by atoms with Gasteiger partial charge in [-0.15, -0.1) is 0 Å². The summed E-state index contributed by atoms with van der Waals surface area (Å²) in [5.41, 5.74) is 22.1. The van der Waals surface area contributed by atoms with Crippen LogP contribution in [0.25, 0.3) is 0 Å². The van der Waals surface area contributed by atoms with Gasteiger partial charge in [0.2, 0.25) is 17.7 Å². The van der Waals surface area contributed by atoms with E-state index in [2.05, 4.69) is 15.6 Å². The van der Waals surface area contributed by atoms with Gasteiger partial charge in [-0.25, -0.2) is 4.79 Å². The average molecular weight is 435 g/mol. The van der Waals surface area contributed by atoms with Crippen molar-refractivity contribution in [3.8, 4) is 0 Å². The number of benzene rings is 1. The van der Waals surface area contributed by atoms with E-state index < -0.39 is 48.2 Å². The minimum absolute atomic E-state index is 0.0173. The molecule has 0 saturated carbocycles. The molecular formula is C19H29N7O5. The molecule has 3 atom stereocenters. The molecule has 0 aliphatic rings. The molecule has 3 amide bonds. The Morgan fingerprint density at radius 3 is 2.13 bits per heavy atom. The SMILES string of the molecule is NC(=O)C[C@H](NC(=O)[C@@H](N)CCCN=C(N)N)C(=O)N[C@@H](Cc1ccccc1)C(=O)O. The van der Waals surface area contributed by atoms with E-state index in [4.69, 9.17) is 22.9 Å². The van der Waals surface area contributed by atoms with Crippen LogP contribution in [-0.4, -0.2) is 59.4 Å². The summed E-state index contributed by atoms with van der Waals surface area (Å²) in [5, 5.41) is 14.1. The van der Waals surface area contributed by atoms with E-state index in [1.54, 1.807) is 30.3 Å². The minimum atomic E-state index is -1.37. The number of aliphatic carboxylic acids is 1. The quantitative estimate of drug-likeness (QED) is 0.0995. The van der Waals surface area contributed by atoms with Gasteiger partial charge < -0.3 is 38.7 Å². The monoisotopic (exact) mass is 435 g/mol. The molecule has 11 N–H and O–H groups in total. The zero-order chi connectivity index (χ0) is 23.4. The third-order valence-electron chi connectivity index (χ3n) is 4.24. The zero-order valence-corrected chi connectivity index (χ0v) is 17.0. The molecule has 0 saturated heterocycles. The van der Waals surface area contributed by atoms with Gasteiger partial charge in [0.1, 0.15) is 12.1 Å². The summed E-state index contributed by atoms with van der Waals surface area (Å²) >= 11 is 0. The molecule has 0 aliphatic carbocycles. The molecule has 0 heterocycles. The van der Waals surface area contributed by atoms with Crippen molar-refractivity contribution in [3.05, 3.63) is 35.9 Å². The standard InChI is InChI=1S/C19H29N7O5/c20-12(7-4-8-24-19(22)23)16(28)25-13(10-15(21)27)17(29)26-14(18(30)31)9-11-5-2-1-3-6-11/h1-3,5-6,12-14H,4,7-10,20H2,(H2,21,27)(H,25,28)(H,26,29)(H,30,31)(H4,22,23,24)/t12-,13-,14-/m0/s1. The number of hydrogen-bond donors (Lipinski definition) is 7. The Morgan fingerprint density at radius 2 is 1.58 bits per heavy atom. The topological polar surface area (TPSA) is 229 Å². The lowest BCUT2D eigenvalue weighted by Crippen LogP contribution is -2.55. The second-order valence-electron chi connectivity index (χ2n) is 6.88. The van der Waals surface area contributed by atoms with Crippen molar-refractivity contribution in [2.24, 2.45) is 27.9 Å². The van der Waals surface area contributed by atoms with Crippen molar-refractivity contribution in [1.82, 2.24) is 10.6 Å². The Hall–Kier alpha value is -3.67. The van der Waals surface area contributed by atoms with Crippen molar-refractivity contribution in [3.63, 3.8) is 0 Å². The Labute approximate surface area is 179 Å². The van der Waals surface area contributed by atoms with Crippen LogP contribution < -0.4 is 33.6 Å². The molecule has 12 nitrogen and oxygen atoms in total. The lowest BCUT2D eigenvalue weighted by Gasteiger charge is -2.22. The van der Waals surface area contributed by atoms with Gasteiger partial charge >= 0.3 is 5.97 Å². The average Bonchev–Trinajstić information content (AvgIpc) is 2.70. The van der Waals surface area contributed by atoms with Crippen LogP contribution in [0.5, 0.6) is 0 Å². The highest BCUT2D eigenvalue weighted by molar-refractivity contribution is 5.94. The molecule has 0 fully saturated rings. The molecule has 1 rings (SSSR count). The van der Waals surface area contributed by atoms with Gasteiger partial charge in [-0.2, -0.15) is 0 Å². The molecule has 170 valence electrons. The minimum Gasteiger partial charge on any atom is -0.480 e. The van der Waals surface area contributed by atoms with Gasteiger partial charge in [-0.1, -0.05) is 30.3 Å². The van der Waals surface area contributed by atoms with Gasteiger partial charge in [-0.05, 0) is 18.4 Å². The van der Waals surface area contributed by atoms with E-state index >= 15 is 0 Å². The number of aliphatic imine (C=N–C) groups is 1. The molecule has 0 unspecified atom stereocenters. The summed E-state index contributed by atoms with van der Waals surface area (Å²) in [4.78, 5) is 51.6. The van der Waals surface area contributed by atoms with Gasteiger partial charge in [0.15, 0.2) is 5.96 Å². The summed E-state index contributed by atoms with van der Waals surface area (Å²) in [6.07, 6.45) is 0.135. The maximum absolute atomic E-state index is 12.6. The van der Waals surface area contributed by atoms with Gasteiger partial charge in [-0.3, -0.25) is 19.4 Å². The van der Waals surface area contributed by atoms with Crippen molar-refractivity contribution in [2.75, 3.05) is 6.54 Å². The van der Waals surface area contributed by atoms with Crippen LogP contribution in [0.15, 0.2) is 35.3 Å². The maximum Gasteiger partial charge on any atom is 0.326 e. The molecule has 0 aliphatic heterocycles. The fraction of sp³-hybridized carbons (Fsp3) is 0.421. The number of guanidine groups is 1. The molecule has 31 heavy (non-hydrogen) atoms. The maximum atomic E-state index is 12.6. The lowest BCUT2D eigenvalue weighted by molar-refractivity contribution is -0.142. The highest BCUT2D eigenvalue weighted by Gasteiger charge is 2.29. The second-order valence-corrected chi connectivity index (χ2v) is 6.88. The Morgan fingerprint density at radius 1 is 0.968 bits per heavy atom. The van der Waals surface area contributed by atoms with Crippen LogP contribution in [0.1, 0.15) is 24.8 Å². The number of hydrogen-bond acceptors (Lipinski definition) is 6. The number of carbonyl (C=O) groups is 4. The zero-order valence-electron chi connectivity index (χ0n) is 17.0. The van der Waals surface area contributed by atoms with E-state index in [1.807, 2.05) is 0 Å². The van der Waals surface area contributed by atoms with E-state index in [9.17, 15) is 24.3 Å². The van der Waals surface area contributed by atoms with Crippen molar-refractivity contribution in [2.45, 2.75) is 43.8 Å². The number of carboxylic acids is 1. The van der Waals surface area contributed by atoms with Crippen LogP contribution in [-0.2, 0) is 25.6 Å². The van der Waals surface area contributed by atoms with Crippen LogP contribution in [0.2, 0.25) is 0 Å². The normalized spacial score (nSPS) is 13.3. The van der Waals surface area contributed by atoms with E-state index in [0.29, 0.717) is 12.0 Å². The first-order valence-electron chi connectivity index (χ1n) is 9.57. The fourth-order valence-electron chi connectivity index (χ4n) is 2.66. The highest BCUT2D eigenvalue weighted by Crippen LogP contribution is 2.05. The first-order valence-corrected chi connectivity index (χ1v) is 9.57. The van der Waals surface area contributed by atoms with Gasteiger partial charge in [0.05, 0.1) is 12.5 Å². The molecular weight excluding hydrogens is 406 g/mol. The third kappa shape index (κ3) is 10.1. The van der Waals surface area contributed by atoms with Crippen molar-refractivity contribution in [1.29, 1.82) is 0 Å². The summed E-state index contributed by atoms with van der Waals surface area (Å²) < 4.78 is 0. The Bertz CT molecular complexity index is 796. The number of amides is 3. The smallest absolute Gasteiger partial charge is 0.326 e. The number of carboxylic acid groups (broad SMARTS) is 1. The van der Waals surface area contributed by atoms with Crippen LogP contribution in [0.3, 0.4) is 0 Å². The summed E-state index contributed by atoms with van der Waals surface area (Å²) in [6, 6.07) is 5.05.